The molecule has 0 fully saturated rings. The molecular formula is C17H15F2N3O4. The molecule has 26 heavy (non-hydrogen) atoms. The molecule has 2 N–H and O–H groups in total. The van der Waals surface area contributed by atoms with Gasteiger partial charge in [-0.25, -0.2) is 19.3 Å². The normalized spacial score (nSPS) is 10.7. The Hall–Kier alpha value is -3.33. The predicted octanol–water partition coefficient (Wildman–Crippen LogP) is 2.20. The molecule has 0 saturated carbocycles. The van der Waals surface area contributed by atoms with Crippen molar-refractivity contribution in [1.82, 2.24) is 10.5 Å². The van der Waals surface area contributed by atoms with Crippen LogP contribution in [0.3, 0.4) is 0 Å². The van der Waals surface area contributed by atoms with Crippen LogP contribution in [0.25, 0.3) is 0 Å². The molecule has 0 aliphatic carbocycles. The summed E-state index contributed by atoms with van der Waals surface area (Å²) in [5, 5.41) is 13.1. The van der Waals surface area contributed by atoms with Crippen LogP contribution < -0.4 is 10.2 Å². The summed E-state index contributed by atoms with van der Waals surface area (Å²) in [4.78, 5) is 23.5. The molecule has 2 amide bonds. The summed E-state index contributed by atoms with van der Waals surface area (Å²) in [6, 6.07) is 7.51. The number of rotatable bonds is 5. The number of hydroxylamine groups is 1. The zero-order chi connectivity index (χ0) is 19.3. The number of nitrogens with zero attached hydrogens (tertiary/aromatic N) is 2. The third kappa shape index (κ3) is 4.01. The monoisotopic (exact) mass is 363 g/mol. The molecule has 0 aliphatic heterocycles. The summed E-state index contributed by atoms with van der Waals surface area (Å²) in [5.74, 6) is -3.32. The Labute approximate surface area is 147 Å². The van der Waals surface area contributed by atoms with E-state index in [-0.39, 0.29) is 22.4 Å². The minimum atomic E-state index is -0.867. The highest BCUT2D eigenvalue weighted by Gasteiger charge is 2.18. The quantitative estimate of drug-likeness (QED) is 0.484. The number of methoxy groups -OCH3 is 1. The van der Waals surface area contributed by atoms with E-state index in [1.165, 1.54) is 50.0 Å². The standard InChI is InChI=1S/C17H15F2N3O4/c1-22(17(24)12-4-3-5-14(26-2)15(12)19)20-9-11-7-6-10(8-13(11)18)16(23)21-25/h3-9,25H,1-2H3,(H,21,23). The summed E-state index contributed by atoms with van der Waals surface area (Å²) < 4.78 is 32.9. The van der Waals surface area contributed by atoms with E-state index in [0.717, 1.165) is 17.3 Å². The number of hydrazone groups is 1. The second kappa shape index (κ2) is 8.17. The van der Waals surface area contributed by atoms with Gasteiger partial charge in [0.1, 0.15) is 5.82 Å². The van der Waals surface area contributed by atoms with Gasteiger partial charge in [0.15, 0.2) is 11.6 Å². The van der Waals surface area contributed by atoms with Crippen LogP contribution in [0.4, 0.5) is 8.78 Å². The molecule has 0 unspecified atom stereocenters. The Morgan fingerprint density at radius 1 is 1.27 bits per heavy atom. The highest BCUT2D eigenvalue weighted by atomic mass is 19.1. The van der Waals surface area contributed by atoms with E-state index in [4.69, 9.17) is 9.94 Å². The van der Waals surface area contributed by atoms with Crippen molar-refractivity contribution < 1.29 is 28.3 Å². The molecule has 0 saturated heterocycles. The summed E-state index contributed by atoms with van der Waals surface area (Å²) in [7, 11) is 2.56. The van der Waals surface area contributed by atoms with Crippen molar-refractivity contribution in [2.75, 3.05) is 14.2 Å². The number of ether oxygens (including phenoxy) is 1. The van der Waals surface area contributed by atoms with Gasteiger partial charge in [-0.3, -0.25) is 14.8 Å². The zero-order valence-corrected chi connectivity index (χ0v) is 13.9. The Bertz CT molecular complexity index is 871. The molecular weight excluding hydrogens is 348 g/mol. The van der Waals surface area contributed by atoms with Crippen LogP contribution in [0.1, 0.15) is 26.3 Å². The van der Waals surface area contributed by atoms with Crippen LogP contribution in [0.15, 0.2) is 41.5 Å². The largest absolute Gasteiger partial charge is 0.494 e. The maximum Gasteiger partial charge on any atom is 0.276 e. The second-order valence-corrected chi connectivity index (χ2v) is 5.07. The van der Waals surface area contributed by atoms with E-state index in [0.29, 0.717) is 0 Å². The van der Waals surface area contributed by atoms with Crippen LogP contribution >= 0.6 is 0 Å². The average molecular weight is 363 g/mol. The van der Waals surface area contributed by atoms with Gasteiger partial charge in [-0.1, -0.05) is 6.07 Å². The van der Waals surface area contributed by atoms with Gasteiger partial charge in [0, 0.05) is 18.2 Å². The maximum absolute atomic E-state index is 14.1. The Balaban J connectivity index is 2.20. The molecule has 136 valence electrons. The number of benzene rings is 2. The minimum absolute atomic E-state index is 0.00902. The van der Waals surface area contributed by atoms with Crippen LogP contribution in [0.2, 0.25) is 0 Å². The van der Waals surface area contributed by atoms with Gasteiger partial charge < -0.3 is 4.74 Å². The lowest BCUT2D eigenvalue weighted by Gasteiger charge is -2.12. The minimum Gasteiger partial charge on any atom is -0.494 e. The van der Waals surface area contributed by atoms with Crippen molar-refractivity contribution in [2.24, 2.45) is 5.10 Å². The van der Waals surface area contributed by atoms with E-state index >= 15 is 0 Å². The van der Waals surface area contributed by atoms with Crippen molar-refractivity contribution in [3.63, 3.8) is 0 Å². The van der Waals surface area contributed by atoms with Gasteiger partial charge in [-0.05, 0) is 30.3 Å². The van der Waals surface area contributed by atoms with Crippen LogP contribution in [0, 0.1) is 11.6 Å². The van der Waals surface area contributed by atoms with Gasteiger partial charge in [0.05, 0.1) is 18.9 Å². The predicted molar refractivity (Wildman–Crippen MR) is 88.3 cm³/mol. The van der Waals surface area contributed by atoms with Crippen LogP contribution in [-0.2, 0) is 0 Å². The summed E-state index contributed by atoms with van der Waals surface area (Å²) in [6.45, 7) is 0. The first kappa shape index (κ1) is 19.0. The van der Waals surface area contributed by atoms with Crippen molar-refractivity contribution in [3.05, 3.63) is 64.7 Å². The molecule has 0 heterocycles. The Morgan fingerprint density at radius 3 is 2.62 bits per heavy atom. The molecule has 2 rings (SSSR count). The second-order valence-electron chi connectivity index (χ2n) is 5.07. The highest BCUT2D eigenvalue weighted by Crippen LogP contribution is 2.21. The fourth-order valence-corrected chi connectivity index (χ4v) is 2.05. The lowest BCUT2D eigenvalue weighted by Crippen LogP contribution is -2.23. The Kier molecular flexibility index (Phi) is 5.97. The highest BCUT2D eigenvalue weighted by molar-refractivity contribution is 5.96. The lowest BCUT2D eigenvalue weighted by atomic mass is 10.1. The summed E-state index contributed by atoms with van der Waals surface area (Å²) in [6.07, 6.45) is 1.05. The fraction of sp³-hybridized carbons (Fsp3) is 0.118. The SMILES string of the molecule is COc1cccc(C(=O)N(C)N=Cc2ccc(C(=O)NO)cc2F)c1F. The number of hydrogen-bond acceptors (Lipinski definition) is 5. The van der Waals surface area contributed by atoms with Crippen molar-refractivity contribution in [1.29, 1.82) is 0 Å². The molecule has 0 aromatic heterocycles. The summed E-state index contributed by atoms with van der Waals surface area (Å²) in [5.41, 5.74) is 1.04. The van der Waals surface area contributed by atoms with Gasteiger partial charge in [-0.2, -0.15) is 5.10 Å². The molecule has 0 bridgehead atoms. The molecule has 2 aromatic carbocycles. The molecule has 9 heteroatoms. The third-order valence-electron chi connectivity index (χ3n) is 3.44. The van der Waals surface area contributed by atoms with Gasteiger partial charge in [0.25, 0.3) is 11.8 Å². The van der Waals surface area contributed by atoms with Gasteiger partial charge in [0.2, 0.25) is 0 Å². The third-order valence-corrected chi connectivity index (χ3v) is 3.44. The lowest BCUT2D eigenvalue weighted by molar-refractivity contribution is 0.0705. The molecule has 7 nitrogen and oxygen atoms in total. The number of nitrogens with one attached hydrogen (secondary N) is 1. The van der Waals surface area contributed by atoms with Crippen LogP contribution in [0.5, 0.6) is 5.75 Å². The smallest absolute Gasteiger partial charge is 0.276 e. The molecule has 0 radical (unpaired) electrons. The van der Waals surface area contributed by atoms with Crippen molar-refractivity contribution in [3.8, 4) is 5.75 Å². The number of carbonyl (C=O) groups excluding carboxylic acids is 2. The fourth-order valence-electron chi connectivity index (χ4n) is 2.05. The topological polar surface area (TPSA) is 91.2 Å². The van der Waals surface area contributed by atoms with E-state index in [1.54, 1.807) is 0 Å². The van der Waals surface area contributed by atoms with Gasteiger partial charge >= 0.3 is 0 Å². The van der Waals surface area contributed by atoms with Crippen molar-refractivity contribution in [2.45, 2.75) is 0 Å². The van der Waals surface area contributed by atoms with E-state index in [1.807, 2.05) is 0 Å². The first-order valence-corrected chi connectivity index (χ1v) is 7.27. The summed E-state index contributed by atoms with van der Waals surface area (Å²) >= 11 is 0. The average Bonchev–Trinajstić information content (AvgIpc) is 2.65. The number of carbonyl (C=O) groups is 2. The molecule has 0 aliphatic rings. The number of amides is 2. The van der Waals surface area contributed by atoms with Gasteiger partial charge in [-0.15, -0.1) is 0 Å². The zero-order valence-electron chi connectivity index (χ0n) is 13.9. The molecule has 0 atom stereocenters. The Morgan fingerprint density at radius 2 is 2.00 bits per heavy atom. The molecule has 0 spiro atoms. The van der Waals surface area contributed by atoms with E-state index < -0.39 is 23.4 Å². The van der Waals surface area contributed by atoms with Crippen molar-refractivity contribution >= 4 is 18.0 Å². The number of halogens is 2. The first-order chi connectivity index (χ1) is 12.4. The maximum atomic E-state index is 14.1. The number of hydrogen-bond donors (Lipinski definition) is 2. The van der Waals surface area contributed by atoms with Crippen LogP contribution in [-0.4, -0.2) is 42.4 Å². The molecule has 2 aromatic rings. The van der Waals surface area contributed by atoms with E-state index in [9.17, 15) is 18.4 Å². The van der Waals surface area contributed by atoms with E-state index in [2.05, 4.69) is 5.10 Å². The first-order valence-electron chi connectivity index (χ1n) is 7.27.